The van der Waals surface area contributed by atoms with Crippen molar-refractivity contribution in [2.24, 2.45) is 0 Å². The molecule has 0 aromatic heterocycles. The zero-order chi connectivity index (χ0) is 21.6. The summed E-state index contributed by atoms with van der Waals surface area (Å²) in [6, 6.07) is 31.5. The molecule has 3 rings (SSSR count). The topological polar surface area (TPSA) is 73.1 Å². The molecular weight excluding hydrogens is 372 g/mol. The van der Waals surface area contributed by atoms with Gasteiger partial charge in [0, 0.05) is 19.0 Å². The zero-order valence-corrected chi connectivity index (χ0v) is 17.2. The van der Waals surface area contributed by atoms with Crippen LogP contribution in [0.25, 0.3) is 0 Å². The van der Waals surface area contributed by atoms with Crippen LogP contribution in [0, 0.1) is 11.3 Å². The Bertz CT molecular complexity index is 867. The van der Waals surface area contributed by atoms with Crippen molar-refractivity contribution in [2.75, 3.05) is 6.54 Å². The lowest BCUT2D eigenvalue weighted by atomic mass is 9.92. The van der Waals surface area contributed by atoms with E-state index in [4.69, 9.17) is 5.26 Å². The number of nitrogens with zero attached hydrogens (tertiary/aromatic N) is 1. The van der Waals surface area contributed by atoms with Gasteiger partial charge in [0.1, 0.15) is 5.92 Å². The third-order valence-electron chi connectivity index (χ3n) is 4.63. The summed E-state index contributed by atoms with van der Waals surface area (Å²) in [5.41, 5.74) is 2.95. The maximum absolute atomic E-state index is 11.3. The number of carbonyl (C=O) groups is 1. The highest BCUT2D eigenvalue weighted by Gasteiger charge is 2.21. The number of carboxylic acid groups (broad SMARTS) is 1. The lowest BCUT2D eigenvalue weighted by Gasteiger charge is -2.12. The van der Waals surface area contributed by atoms with Crippen molar-refractivity contribution in [3.8, 4) is 6.07 Å². The summed E-state index contributed by atoms with van der Waals surface area (Å²) in [6.45, 7) is 2.93. The summed E-state index contributed by atoms with van der Waals surface area (Å²) < 4.78 is 0. The van der Waals surface area contributed by atoms with Crippen molar-refractivity contribution in [3.63, 3.8) is 0 Å². The molecule has 0 aliphatic rings. The molecule has 3 aromatic rings. The van der Waals surface area contributed by atoms with Gasteiger partial charge in [-0.2, -0.15) is 5.26 Å². The van der Waals surface area contributed by atoms with Crippen LogP contribution in [0.4, 0.5) is 0 Å². The van der Waals surface area contributed by atoms with Crippen LogP contribution in [0.5, 0.6) is 0 Å². The van der Waals surface area contributed by atoms with E-state index in [9.17, 15) is 9.90 Å². The highest BCUT2D eigenvalue weighted by Crippen LogP contribution is 2.24. The van der Waals surface area contributed by atoms with Gasteiger partial charge in [0.15, 0.2) is 0 Å². The number of aliphatic carboxylic acids is 1. The van der Waals surface area contributed by atoms with Gasteiger partial charge >= 0.3 is 5.97 Å². The van der Waals surface area contributed by atoms with Gasteiger partial charge < -0.3 is 10.4 Å². The number of hydrogen-bond donors (Lipinski definition) is 2. The fraction of sp³-hybridized carbons (Fsp3) is 0.231. The Kier molecular flexibility index (Phi) is 9.85. The van der Waals surface area contributed by atoms with E-state index in [2.05, 4.69) is 42.6 Å². The van der Waals surface area contributed by atoms with Crippen LogP contribution in [0.2, 0.25) is 0 Å². The Balaban J connectivity index is 0.000000216. The van der Waals surface area contributed by atoms with Crippen molar-refractivity contribution < 1.29 is 9.90 Å². The first-order valence-electron chi connectivity index (χ1n) is 10.1. The van der Waals surface area contributed by atoms with E-state index in [1.165, 1.54) is 5.56 Å². The minimum absolute atomic E-state index is 0.436. The quantitative estimate of drug-likeness (QED) is 0.521. The lowest BCUT2D eigenvalue weighted by molar-refractivity contribution is -0.137. The molecule has 30 heavy (non-hydrogen) atoms. The van der Waals surface area contributed by atoms with E-state index in [1.807, 2.05) is 66.7 Å². The van der Waals surface area contributed by atoms with Gasteiger partial charge in [0.25, 0.3) is 0 Å². The van der Waals surface area contributed by atoms with Gasteiger partial charge in [-0.15, -0.1) is 0 Å². The molecule has 1 atom stereocenters. The standard InChI is InChI=1S/C14H12O2.C12H16N2/c15-14(16)13(11-7-3-1-4-8-11)12-9-5-2-6-10-12;1-11(14-9-5-8-13)10-12-6-3-2-4-7-12/h1-10,13H,(H,15,16);2-4,6-7,11,14H,5,9-10H2,1H3. The first-order chi connectivity index (χ1) is 14.6. The third-order valence-corrected chi connectivity index (χ3v) is 4.63. The normalized spacial score (nSPS) is 11.1. The molecule has 0 heterocycles. The molecule has 4 heteroatoms. The Morgan fingerprint density at radius 3 is 1.80 bits per heavy atom. The van der Waals surface area contributed by atoms with Crippen LogP contribution in [0.3, 0.4) is 0 Å². The van der Waals surface area contributed by atoms with E-state index < -0.39 is 11.9 Å². The van der Waals surface area contributed by atoms with E-state index >= 15 is 0 Å². The van der Waals surface area contributed by atoms with Crippen LogP contribution < -0.4 is 5.32 Å². The molecule has 0 fully saturated rings. The number of rotatable bonds is 8. The van der Waals surface area contributed by atoms with Gasteiger partial charge in [-0.1, -0.05) is 91.0 Å². The molecule has 1 unspecified atom stereocenters. The van der Waals surface area contributed by atoms with E-state index in [0.717, 1.165) is 24.1 Å². The van der Waals surface area contributed by atoms with Crippen molar-refractivity contribution in [3.05, 3.63) is 108 Å². The second-order valence-electron chi connectivity index (χ2n) is 7.05. The number of nitrogens with one attached hydrogen (secondary N) is 1. The number of nitriles is 1. The molecule has 4 nitrogen and oxygen atoms in total. The zero-order valence-electron chi connectivity index (χ0n) is 17.2. The van der Waals surface area contributed by atoms with Crippen molar-refractivity contribution in [2.45, 2.75) is 31.7 Å². The number of benzene rings is 3. The summed E-state index contributed by atoms with van der Waals surface area (Å²) in [4.78, 5) is 11.3. The van der Waals surface area contributed by atoms with Crippen molar-refractivity contribution in [1.29, 1.82) is 5.26 Å². The van der Waals surface area contributed by atoms with Gasteiger partial charge in [0.2, 0.25) is 0 Å². The number of carboxylic acids is 1. The van der Waals surface area contributed by atoms with Crippen molar-refractivity contribution >= 4 is 5.97 Å². The highest BCUT2D eigenvalue weighted by molar-refractivity contribution is 5.80. The molecule has 0 amide bonds. The molecule has 0 spiro atoms. The molecule has 0 saturated carbocycles. The second kappa shape index (κ2) is 12.9. The van der Waals surface area contributed by atoms with Gasteiger partial charge in [-0.25, -0.2) is 0 Å². The minimum atomic E-state index is -0.822. The predicted molar refractivity (Wildman–Crippen MR) is 120 cm³/mol. The van der Waals surface area contributed by atoms with Gasteiger partial charge in [-0.05, 0) is 30.0 Å². The number of hydrogen-bond acceptors (Lipinski definition) is 3. The monoisotopic (exact) mass is 400 g/mol. The molecule has 0 saturated heterocycles. The smallest absolute Gasteiger partial charge is 0.315 e. The molecule has 0 radical (unpaired) electrons. The molecule has 0 aliphatic carbocycles. The third kappa shape index (κ3) is 7.90. The maximum Gasteiger partial charge on any atom is 0.315 e. The first-order valence-corrected chi connectivity index (χ1v) is 10.1. The van der Waals surface area contributed by atoms with Crippen LogP contribution in [-0.4, -0.2) is 23.7 Å². The lowest BCUT2D eigenvalue weighted by Crippen LogP contribution is -2.28. The largest absolute Gasteiger partial charge is 0.481 e. The molecular formula is C26H28N2O2. The average Bonchev–Trinajstić information content (AvgIpc) is 2.76. The summed E-state index contributed by atoms with van der Waals surface area (Å²) in [5, 5.41) is 21.0. The first kappa shape index (κ1) is 22.9. The van der Waals surface area contributed by atoms with Gasteiger partial charge in [0.05, 0.1) is 6.07 Å². The van der Waals surface area contributed by atoms with Crippen LogP contribution in [0.1, 0.15) is 36.0 Å². The minimum Gasteiger partial charge on any atom is -0.481 e. The van der Waals surface area contributed by atoms with Crippen molar-refractivity contribution in [1.82, 2.24) is 5.32 Å². The van der Waals surface area contributed by atoms with E-state index in [-0.39, 0.29) is 0 Å². The molecule has 0 bridgehead atoms. The Morgan fingerprint density at radius 2 is 1.37 bits per heavy atom. The summed E-state index contributed by atoms with van der Waals surface area (Å²) in [6.07, 6.45) is 1.60. The molecule has 154 valence electrons. The molecule has 0 aliphatic heterocycles. The Hall–Kier alpha value is -3.42. The Labute approximate surface area is 178 Å². The fourth-order valence-corrected chi connectivity index (χ4v) is 3.18. The average molecular weight is 401 g/mol. The summed E-state index contributed by atoms with van der Waals surface area (Å²) >= 11 is 0. The van der Waals surface area contributed by atoms with Crippen LogP contribution in [0.15, 0.2) is 91.0 Å². The SMILES string of the molecule is CC(Cc1ccccc1)NCCC#N.O=C(O)C(c1ccccc1)c1ccccc1. The Morgan fingerprint density at radius 1 is 0.900 bits per heavy atom. The maximum atomic E-state index is 11.3. The molecule has 2 N–H and O–H groups in total. The van der Waals surface area contributed by atoms with Gasteiger partial charge in [-0.3, -0.25) is 4.79 Å². The van der Waals surface area contributed by atoms with E-state index in [0.29, 0.717) is 12.5 Å². The molecule has 3 aromatic carbocycles. The van der Waals surface area contributed by atoms with Crippen LogP contribution >= 0.6 is 0 Å². The summed E-state index contributed by atoms with van der Waals surface area (Å²) in [5.74, 6) is -1.40. The van der Waals surface area contributed by atoms with Crippen LogP contribution in [-0.2, 0) is 11.2 Å². The second-order valence-corrected chi connectivity index (χ2v) is 7.05. The highest BCUT2D eigenvalue weighted by atomic mass is 16.4. The van der Waals surface area contributed by atoms with E-state index in [1.54, 1.807) is 0 Å². The predicted octanol–water partition coefficient (Wildman–Crippen LogP) is 5.02. The fourth-order valence-electron chi connectivity index (χ4n) is 3.18. The summed E-state index contributed by atoms with van der Waals surface area (Å²) in [7, 11) is 0.